The second-order valence-electron chi connectivity index (χ2n) is 3.24. The molecule has 0 saturated carbocycles. The monoisotopic (exact) mass is 194 g/mol. The highest BCUT2D eigenvalue weighted by Gasteiger charge is 1.93. The van der Waals surface area contributed by atoms with Gasteiger partial charge in [-0.2, -0.15) is 0 Å². The maximum absolute atomic E-state index is 8.62. The standard InChI is InChI=1S/C11H18N2O/c12-7-1-2-10-3-5-11(6-4-10)13-8-9-14/h3-6,13-14H,1-2,7-9,12H2. The van der Waals surface area contributed by atoms with Crippen molar-refractivity contribution in [3.8, 4) is 0 Å². The van der Waals surface area contributed by atoms with Gasteiger partial charge in [-0.15, -0.1) is 0 Å². The van der Waals surface area contributed by atoms with Crippen molar-refractivity contribution < 1.29 is 5.11 Å². The number of anilines is 1. The Morgan fingerprint density at radius 1 is 1.21 bits per heavy atom. The zero-order valence-corrected chi connectivity index (χ0v) is 8.37. The second kappa shape index (κ2) is 6.40. The van der Waals surface area contributed by atoms with Gasteiger partial charge in [0.15, 0.2) is 0 Å². The molecule has 0 aliphatic carbocycles. The van der Waals surface area contributed by atoms with Crippen molar-refractivity contribution in [1.29, 1.82) is 0 Å². The van der Waals surface area contributed by atoms with Gasteiger partial charge in [-0.3, -0.25) is 0 Å². The van der Waals surface area contributed by atoms with E-state index in [9.17, 15) is 0 Å². The number of hydrogen-bond donors (Lipinski definition) is 3. The molecule has 0 unspecified atom stereocenters. The smallest absolute Gasteiger partial charge is 0.0604 e. The normalized spacial score (nSPS) is 10.1. The average molecular weight is 194 g/mol. The van der Waals surface area contributed by atoms with E-state index in [-0.39, 0.29) is 6.61 Å². The van der Waals surface area contributed by atoms with Crippen LogP contribution in [-0.4, -0.2) is 24.8 Å². The highest BCUT2D eigenvalue weighted by atomic mass is 16.3. The number of aliphatic hydroxyl groups is 1. The van der Waals surface area contributed by atoms with Crippen LogP contribution in [0.3, 0.4) is 0 Å². The molecule has 0 aliphatic heterocycles. The second-order valence-corrected chi connectivity index (χ2v) is 3.24. The summed E-state index contributed by atoms with van der Waals surface area (Å²) in [7, 11) is 0. The Bertz CT molecular complexity index is 219. The van der Waals surface area contributed by atoms with Gasteiger partial charge in [-0.05, 0) is 37.1 Å². The first-order chi connectivity index (χ1) is 6.86. The molecule has 1 rings (SSSR count). The fraction of sp³-hybridized carbons (Fsp3) is 0.455. The lowest BCUT2D eigenvalue weighted by molar-refractivity contribution is 0.311. The first kappa shape index (κ1) is 11.0. The first-order valence-electron chi connectivity index (χ1n) is 5.00. The fourth-order valence-electron chi connectivity index (χ4n) is 1.30. The lowest BCUT2D eigenvalue weighted by Gasteiger charge is -2.05. The molecular weight excluding hydrogens is 176 g/mol. The van der Waals surface area contributed by atoms with Crippen LogP contribution < -0.4 is 11.1 Å². The Morgan fingerprint density at radius 2 is 1.93 bits per heavy atom. The topological polar surface area (TPSA) is 58.3 Å². The van der Waals surface area contributed by atoms with E-state index in [1.54, 1.807) is 0 Å². The van der Waals surface area contributed by atoms with Crippen LogP contribution in [0.2, 0.25) is 0 Å². The number of nitrogens with one attached hydrogen (secondary N) is 1. The predicted molar refractivity (Wildman–Crippen MR) is 59.4 cm³/mol. The molecule has 0 aliphatic rings. The van der Waals surface area contributed by atoms with Crippen molar-refractivity contribution in [2.24, 2.45) is 5.73 Å². The van der Waals surface area contributed by atoms with E-state index in [4.69, 9.17) is 10.8 Å². The fourth-order valence-corrected chi connectivity index (χ4v) is 1.30. The third-order valence-electron chi connectivity index (χ3n) is 2.06. The van der Waals surface area contributed by atoms with Crippen molar-refractivity contribution in [2.45, 2.75) is 12.8 Å². The lowest BCUT2D eigenvalue weighted by atomic mass is 10.1. The summed E-state index contributed by atoms with van der Waals surface area (Å²) in [5, 5.41) is 11.7. The molecule has 78 valence electrons. The number of rotatable bonds is 6. The number of aliphatic hydroxyl groups excluding tert-OH is 1. The number of nitrogens with two attached hydrogens (primary N) is 1. The van der Waals surface area contributed by atoms with Crippen LogP contribution in [-0.2, 0) is 6.42 Å². The number of benzene rings is 1. The molecule has 0 spiro atoms. The molecule has 1 aromatic carbocycles. The number of hydrogen-bond acceptors (Lipinski definition) is 3. The summed E-state index contributed by atoms with van der Waals surface area (Å²) in [5.74, 6) is 0. The van der Waals surface area contributed by atoms with Gasteiger partial charge in [-0.1, -0.05) is 12.1 Å². The van der Waals surface area contributed by atoms with Gasteiger partial charge in [0.2, 0.25) is 0 Å². The van der Waals surface area contributed by atoms with Gasteiger partial charge in [-0.25, -0.2) is 0 Å². The molecule has 0 radical (unpaired) electrons. The molecular formula is C11H18N2O. The third kappa shape index (κ3) is 3.77. The molecule has 14 heavy (non-hydrogen) atoms. The van der Waals surface area contributed by atoms with Crippen LogP contribution in [0, 0.1) is 0 Å². The van der Waals surface area contributed by atoms with Gasteiger partial charge in [0.1, 0.15) is 0 Å². The minimum absolute atomic E-state index is 0.162. The minimum atomic E-state index is 0.162. The summed E-state index contributed by atoms with van der Waals surface area (Å²) in [5.41, 5.74) is 7.79. The van der Waals surface area contributed by atoms with Crippen LogP contribution in [0.1, 0.15) is 12.0 Å². The molecule has 0 atom stereocenters. The van der Waals surface area contributed by atoms with Crippen LogP contribution in [0.25, 0.3) is 0 Å². The molecule has 3 heteroatoms. The molecule has 0 bridgehead atoms. The van der Waals surface area contributed by atoms with E-state index >= 15 is 0 Å². The summed E-state index contributed by atoms with van der Waals surface area (Å²) in [4.78, 5) is 0. The summed E-state index contributed by atoms with van der Waals surface area (Å²) in [6.45, 7) is 1.50. The Balaban J connectivity index is 2.42. The summed E-state index contributed by atoms with van der Waals surface area (Å²) < 4.78 is 0. The Hall–Kier alpha value is -1.06. The molecule has 0 heterocycles. The maximum Gasteiger partial charge on any atom is 0.0604 e. The highest BCUT2D eigenvalue weighted by molar-refractivity contribution is 5.44. The Morgan fingerprint density at radius 3 is 2.50 bits per heavy atom. The van der Waals surface area contributed by atoms with E-state index in [2.05, 4.69) is 17.4 Å². The van der Waals surface area contributed by atoms with Gasteiger partial charge >= 0.3 is 0 Å². The average Bonchev–Trinajstić information content (AvgIpc) is 2.25. The molecule has 0 aromatic heterocycles. The summed E-state index contributed by atoms with van der Waals surface area (Å²) in [6, 6.07) is 8.24. The summed E-state index contributed by atoms with van der Waals surface area (Å²) in [6.07, 6.45) is 2.07. The molecule has 0 amide bonds. The van der Waals surface area contributed by atoms with Crippen molar-refractivity contribution in [1.82, 2.24) is 0 Å². The maximum atomic E-state index is 8.62. The summed E-state index contributed by atoms with van der Waals surface area (Å²) >= 11 is 0. The van der Waals surface area contributed by atoms with E-state index < -0.39 is 0 Å². The van der Waals surface area contributed by atoms with E-state index in [0.29, 0.717) is 6.54 Å². The zero-order valence-electron chi connectivity index (χ0n) is 8.37. The van der Waals surface area contributed by atoms with Crippen molar-refractivity contribution in [2.75, 3.05) is 25.0 Å². The lowest BCUT2D eigenvalue weighted by Crippen LogP contribution is -2.05. The molecule has 3 nitrogen and oxygen atoms in total. The largest absolute Gasteiger partial charge is 0.395 e. The predicted octanol–water partition coefficient (Wildman–Crippen LogP) is 0.982. The van der Waals surface area contributed by atoms with E-state index in [1.807, 2.05) is 12.1 Å². The van der Waals surface area contributed by atoms with Gasteiger partial charge < -0.3 is 16.2 Å². The van der Waals surface area contributed by atoms with Gasteiger partial charge in [0.05, 0.1) is 6.61 Å². The number of aryl methyl sites for hydroxylation is 1. The quantitative estimate of drug-likeness (QED) is 0.632. The first-order valence-corrected chi connectivity index (χ1v) is 5.00. The minimum Gasteiger partial charge on any atom is -0.395 e. The zero-order chi connectivity index (χ0) is 10.2. The van der Waals surface area contributed by atoms with Crippen LogP contribution >= 0.6 is 0 Å². The Labute approximate surface area is 84.9 Å². The van der Waals surface area contributed by atoms with Crippen molar-refractivity contribution in [3.05, 3.63) is 29.8 Å². The molecule has 0 saturated heterocycles. The van der Waals surface area contributed by atoms with Gasteiger partial charge in [0, 0.05) is 12.2 Å². The Kier molecular flexibility index (Phi) is 5.04. The van der Waals surface area contributed by atoms with E-state index in [0.717, 1.165) is 25.1 Å². The molecule has 4 N–H and O–H groups in total. The molecule has 1 aromatic rings. The van der Waals surface area contributed by atoms with Crippen LogP contribution in [0.15, 0.2) is 24.3 Å². The SMILES string of the molecule is NCCCc1ccc(NCCO)cc1. The van der Waals surface area contributed by atoms with Crippen molar-refractivity contribution >= 4 is 5.69 Å². The molecule has 0 fully saturated rings. The van der Waals surface area contributed by atoms with Crippen LogP contribution in [0.4, 0.5) is 5.69 Å². The van der Waals surface area contributed by atoms with Crippen molar-refractivity contribution in [3.63, 3.8) is 0 Å². The highest BCUT2D eigenvalue weighted by Crippen LogP contribution is 2.10. The van der Waals surface area contributed by atoms with Crippen LogP contribution in [0.5, 0.6) is 0 Å². The van der Waals surface area contributed by atoms with Gasteiger partial charge in [0.25, 0.3) is 0 Å². The third-order valence-corrected chi connectivity index (χ3v) is 2.06. The van der Waals surface area contributed by atoms with E-state index in [1.165, 1.54) is 5.56 Å².